The van der Waals surface area contributed by atoms with E-state index in [1.807, 2.05) is 0 Å². The second-order valence-corrected chi connectivity index (χ2v) is 5.30. The van der Waals surface area contributed by atoms with Gasteiger partial charge in [0.15, 0.2) is 0 Å². The molecule has 1 fully saturated rings. The Bertz CT molecular complexity index is 356. The van der Waals surface area contributed by atoms with Crippen LogP contribution in [-0.2, 0) is 0 Å². The molecule has 0 unspecified atom stereocenters. The van der Waals surface area contributed by atoms with Crippen LogP contribution in [0.25, 0.3) is 0 Å². The van der Waals surface area contributed by atoms with Gasteiger partial charge in [-0.15, -0.1) is 0 Å². The lowest BCUT2D eigenvalue weighted by Crippen LogP contribution is -2.45. The van der Waals surface area contributed by atoms with Crippen molar-refractivity contribution in [3.05, 3.63) is 35.4 Å². The molecule has 18 heavy (non-hydrogen) atoms. The first-order valence-electron chi connectivity index (χ1n) is 7.33. The highest BCUT2D eigenvalue weighted by atomic mass is 15.2. The molecule has 0 saturated carbocycles. The van der Waals surface area contributed by atoms with Crippen LogP contribution in [0.15, 0.2) is 24.3 Å². The first kappa shape index (κ1) is 13.6. The molecule has 0 aromatic heterocycles. The van der Waals surface area contributed by atoms with Crippen LogP contribution in [0.1, 0.15) is 43.4 Å². The summed E-state index contributed by atoms with van der Waals surface area (Å²) in [5.74, 6) is 0. The van der Waals surface area contributed by atoms with Crippen LogP contribution in [0, 0.1) is 6.92 Å². The van der Waals surface area contributed by atoms with E-state index in [1.165, 1.54) is 43.5 Å². The van der Waals surface area contributed by atoms with Gasteiger partial charge >= 0.3 is 0 Å². The Morgan fingerprint density at radius 2 is 1.94 bits per heavy atom. The van der Waals surface area contributed by atoms with E-state index < -0.39 is 0 Å². The summed E-state index contributed by atoms with van der Waals surface area (Å²) < 4.78 is 0. The van der Waals surface area contributed by atoms with Crippen LogP contribution in [-0.4, -0.2) is 31.1 Å². The highest BCUT2D eigenvalue weighted by Gasteiger charge is 2.22. The Labute approximate surface area is 111 Å². The molecule has 1 aliphatic heterocycles. The van der Waals surface area contributed by atoms with Gasteiger partial charge in [0.2, 0.25) is 0 Å². The lowest BCUT2D eigenvalue weighted by atomic mass is 9.95. The van der Waals surface area contributed by atoms with Crippen molar-refractivity contribution in [1.82, 2.24) is 10.2 Å². The van der Waals surface area contributed by atoms with Crippen LogP contribution >= 0.6 is 0 Å². The average Bonchev–Trinajstić information content (AvgIpc) is 2.42. The third kappa shape index (κ3) is 3.33. The summed E-state index contributed by atoms with van der Waals surface area (Å²) in [5, 5.41) is 3.45. The minimum atomic E-state index is 0.619. The van der Waals surface area contributed by atoms with Gasteiger partial charge in [-0.05, 0) is 24.5 Å². The first-order chi connectivity index (χ1) is 8.83. The zero-order valence-corrected chi connectivity index (χ0v) is 11.8. The fraction of sp³-hybridized carbons (Fsp3) is 0.625. The van der Waals surface area contributed by atoms with Gasteiger partial charge in [-0.1, -0.05) is 44.0 Å². The lowest BCUT2D eigenvalue weighted by molar-refractivity contribution is 0.162. The van der Waals surface area contributed by atoms with Crippen molar-refractivity contribution in [3.63, 3.8) is 0 Å². The quantitative estimate of drug-likeness (QED) is 0.858. The van der Waals surface area contributed by atoms with Gasteiger partial charge in [0.05, 0.1) is 0 Å². The summed E-state index contributed by atoms with van der Waals surface area (Å²) in [5.41, 5.74) is 2.98. The average molecular weight is 246 g/mol. The van der Waals surface area contributed by atoms with E-state index >= 15 is 0 Å². The number of hydrogen-bond donors (Lipinski definition) is 1. The summed E-state index contributed by atoms with van der Waals surface area (Å²) in [7, 11) is 0. The molecule has 2 nitrogen and oxygen atoms in total. The molecule has 0 amide bonds. The Kier molecular flexibility index (Phi) is 5.21. The Balaban J connectivity index is 2.15. The summed E-state index contributed by atoms with van der Waals surface area (Å²) in [6.45, 7) is 9.16. The minimum absolute atomic E-state index is 0.619. The number of aryl methyl sites for hydroxylation is 1. The Hall–Kier alpha value is -0.860. The highest BCUT2D eigenvalue weighted by Crippen LogP contribution is 2.28. The molecule has 1 aliphatic rings. The zero-order valence-electron chi connectivity index (χ0n) is 11.8. The lowest BCUT2D eigenvalue weighted by Gasteiger charge is -2.36. The van der Waals surface area contributed by atoms with E-state index in [1.54, 1.807) is 0 Å². The molecule has 100 valence electrons. The van der Waals surface area contributed by atoms with E-state index in [2.05, 4.69) is 48.3 Å². The van der Waals surface area contributed by atoms with Gasteiger partial charge in [-0.25, -0.2) is 0 Å². The van der Waals surface area contributed by atoms with Crippen LogP contribution in [0.2, 0.25) is 0 Å². The first-order valence-corrected chi connectivity index (χ1v) is 7.33. The van der Waals surface area contributed by atoms with Gasteiger partial charge in [-0.3, -0.25) is 4.90 Å². The smallest absolute Gasteiger partial charge is 0.0351 e. The van der Waals surface area contributed by atoms with E-state index in [0.29, 0.717) is 6.04 Å². The molecule has 2 rings (SSSR count). The predicted molar refractivity (Wildman–Crippen MR) is 77.9 cm³/mol. The van der Waals surface area contributed by atoms with Gasteiger partial charge in [-0.2, -0.15) is 0 Å². The maximum atomic E-state index is 3.45. The van der Waals surface area contributed by atoms with Gasteiger partial charge in [0, 0.05) is 32.2 Å². The molecular formula is C16H26N2. The van der Waals surface area contributed by atoms with Crippen LogP contribution in [0.3, 0.4) is 0 Å². The number of rotatable bonds is 5. The number of nitrogens with one attached hydrogen (secondary N) is 1. The molecular weight excluding hydrogens is 220 g/mol. The monoisotopic (exact) mass is 246 g/mol. The molecule has 0 spiro atoms. The van der Waals surface area contributed by atoms with Crippen molar-refractivity contribution in [2.24, 2.45) is 0 Å². The van der Waals surface area contributed by atoms with E-state index in [9.17, 15) is 0 Å². The van der Waals surface area contributed by atoms with Gasteiger partial charge in [0.25, 0.3) is 0 Å². The van der Waals surface area contributed by atoms with Crippen molar-refractivity contribution in [2.45, 2.75) is 39.2 Å². The van der Waals surface area contributed by atoms with Crippen molar-refractivity contribution in [1.29, 1.82) is 0 Å². The molecule has 1 aromatic carbocycles. The van der Waals surface area contributed by atoms with Crippen molar-refractivity contribution < 1.29 is 0 Å². The topological polar surface area (TPSA) is 15.3 Å². The maximum absolute atomic E-state index is 3.45. The zero-order chi connectivity index (χ0) is 12.8. The molecule has 1 saturated heterocycles. The number of nitrogens with zero attached hydrogens (tertiary/aromatic N) is 1. The van der Waals surface area contributed by atoms with Crippen LogP contribution in [0.5, 0.6) is 0 Å². The number of piperazine rings is 1. The molecule has 0 aliphatic carbocycles. The van der Waals surface area contributed by atoms with E-state index in [4.69, 9.17) is 0 Å². The molecule has 0 bridgehead atoms. The summed E-state index contributed by atoms with van der Waals surface area (Å²) in [4.78, 5) is 2.66. The number of hydrogen-bond acceptors (Lipinski definition) is 2. The molecule has 0 radical (unpaired) electrons. The summed E-state index contributed by atoms with van der Waals surface area (Å²) in [6.07, 6.45) is 3.90. The SMILES string of the molecule is CCCC[C@@H](c1ccccc1C)N1CCNCC1. The molecule has 1 atom stereocenters. The van der Waals surface area contributed by atoms with Crippen molar-refractivity contribution in [2.75, 3.05) is 26.2 Å². The Morgan fingerprint density at radius 3 is 2.61 bits per heavy atom. The predicted octanol–water partition coefficient (Wildman–Crippen LogP) is 3.13. The largest absolute Gasteiger partial charge is 0.314 e. The molecule has 1 N–H and O–H groups in total. The third-order valence-corrected chi connectivity index (χ3v) is 3.97. The second-order valence-electron chi connectivity index (χ2n) is 5.30. The van der Waals surface area contributed by atoms with E-state index in [0.717, 1.165) is 13.1 Å². The fourth-order valence-electron chi connectivity index (χ4n) is 2.89. The van der Waals surface area contributed by atoms with E-state index in [-0.39, 0.29) is 0 Å². The summed E-state index contributed by atoms with van der Waals surface area (Å²) in [6, 6.07) is 9.51. The molecule has 2 heteroatoms. The van der Waals surface area contributed by atoms with Crippen LogP contribution in [0.4, 0.5) is 0 Å². The van der Waals surface area contributed by atoms with Crippen LogP contribution < -0.4 is 5.32 Å². The number of benzene rings is 1. The standard InChI is InChI=1S/C16H26N2/c1-3-4-9-16(18-12-10-17-11-13-18)15-8-6-5-7-14(15)2/h5-8,16-17H,3-4,9-13H2,1-2H3/t16-/m0/s1. The van der Waals surface area contributed by atoms with Crippen molar-refractivity contribution in [3.8, 4) is 0 Å². The number of unbranched alkanes of at least 4 members (excludes halogenated alkanes) is 1. The Morgan fingerprint density at radius 1 is 1.22 bits per heavy atom. The van der Waals surface area contributed by atoms with Gasteiger partial charge < -0.3 is 5.32 Å². The van der Waals surface area contributed by atoms with Gasteiger partial charge in [0.1, 0.15) is 0 Å². The second kappa shape index (κ2) is 6.91. The fourth-order valence-corrected chi connectivity index (χ4v) is 2.89. The molecule has 1 heterocycles. The summed E-state index contributed by atoms with van der Waals surface area (Å²) >= 11 is 0. The molecule has 1 aromatic rings. The normalized spacial score (nSPS) is 18.8. The van der Waals surface area contributed by atoms with Crippen molar-refractivity contribution >= 4 is 0 Å². The highest BCUT2D eigenvalue weighted by molar-refractivity contribution is 5.28. The maximum Gasteiger partial charge on any atom is 0.0351 e. The third-order valence-electron chi connectivity index (χ3n) is 3.97. The minimum Gasteiger partial charge on any atom is -0.314 e.